The number of primary amides is 2. The molecule has 2 fully saturated rings. The van der Waals surface area contributed by atoms with Crippen LogP contribution in [0.2, 0.25) is 0 Å². The second-order valence-electron chi connectivity index (χ2n) is 31.5. The van der Waals surface area contributed by atoms with Gasteiger partial charge in [-0.3, -0.25) is 76.7 Å². The molecule has 648 valence electrons. The van der Waals surface area contributed by atoms with Crippen molar-refractivity contribution in [2.24, 2.45) is 17.4 Å². The Morgan fingerprint density at radius 2 is 0.941 bits per heavy atom. The molecule has 4 aromatic carbocycles. The summed E-state index contributed by atoms with van der Waals surface area (Å²) in [6, 6.07) is 13.1. The molecule has 2 heterocycles. The standard InChI is InChI=1S/C83H117N17O18S/c1-46(2)67-77(113)91-59(42-64(84)103)75(111)96-69(51(7)102)79(115)97-68(50(6)101)78(114)93-61(40-53-27-18-14-19-28-53)82(118)99(12)49(5)71(107)92-60(41-54-33-35-56(36-34-54)55-29-20-15-21-30-55)81(117)98(11)48(4)70(106)90-57(31-22-23-37-87-83(8,9)10)73(109)88-47(3)80(116)100-38-24-32-63(100)76(112)94-62(72(108)86-43-65(85)104)44-119-45-66(105)89-58(74(110)95-67)39-52-25-16-13-17-26-52/h13-21,25-30,33-36,46-51,57-63,67-69,87,101-102H,22-24,31-32,37-45H2,1-12H3,(H2,84,103)(H2,85,104)(H,86,108)(H,88,109)(H,89,105)(H,90,106)(H,91,113)(H,92,107)(H,93,114)(H,94,112)(H,95,110)(H,96,111)(H,97,115)/t47-,48-,49-,50+,51+,57-,58-,59-,60-,61-,62-,63-,67-,68-,69-/m0/s1. The van der Waals surface area contributed by atoms with Gasteiger partial charge in [0.1, 0.15) is 78.5 Å². The van der Waals surface area contributed by atoms with Gasteiger partial charge in [-0.2, -0.15) is 0 Å². The molecule has 0 unspecified atom stereocenters. The van der Waals surface area contributed by atoms with Gasteiger partial charge < -0.3 is 100 Å². The van der Waals surface area contributed by atoms with Crippen LogP contribution in [0.4, 0.5) is 0 Å². The maximum atomic E-state index is 15.2. The Balaban J connectivity index is 1.40. The highest BCUT2D eigenvalue weighted by Crippen LogP contribution is 2.23. The quantitative estimate of drug-likeness (QED) is 0.0431. The van der Waals surface area contributed by atoms with E-state index in [9.17, 15) is 77.3 Å². The van der Waals surface area contributed by atoms with Gasteiger partial charge in [-0.1, -0.05) is 129 Å². The Hall–Kier alpha value is -11.4. The maximum Gasteiger partial charge on any atom is 0.245 e. The highest BCUT2D eigenvalue weighted by atomic mass is 32.2. The van der Waals surface area contributed by atoms with E-state index in [1.54, 1.807) is 72.8 Å². The lowest BCUT2D eigenvalue weighted by Gasteiger charge is -2.33. The first kappa shape index (κ1) is 96.5. The van der Waals surface area contributed by atoms with Crippen molar-refractivity contribution in [3.8, 4) is 11.1 Å². The van der Waals surface area contributed by atoms with Crippen molar-refractivity contribution in [3.63, 3.8) is 0 Å². The van der Waals surface area contributed by atoms with Crippen LogP contribution in [0.3, 0.4) is 0 Å². The van der Waals surface area contributed by atoms with E-state index < -0.39 is 210 Å². The molecule has 0 spiro atoms. The number of hydrogen-bond acceptors (Lipinski definition) is 20. The normalized spacial score (nSPS) is 24.9. The zero-order valence-corrected chi connectivity index (χ0v) is 70.3. The molecule has 2 saturated heterocycles. The number of nitrogens with two attached hydrogens (primary N) is 2. The van der Waals surface area contributed by atoms with Crippen LogP contribution in [0.5, 0.6) is 0 Å². The van der Waals surface area contributed by atoms with Crippen molar-refractivity contribution < 1.29 is 86.9 Å². The molecular formula is C83H117N17O18S. The highest BCUT2D eigenvalue weighted by Gasteiger charge is 2.43. The smallest absolute Gasteiger partial charge is 0.245 e. The molecular weight excluding hydrogens is 1560 g/mol. The molecule has 15 atom stereocenters. The third-order valence-electron chi connectivity index (χ3n) is 20.3. The zero-order chi connectivity index (χ0) is 88.1. The number of nitrogens with zero attached hydrogens (tertiary/aromatic N) is 3. The van der Waals surface area contributed by atoms with E-state index >= 15 is 9.59 Å². The molecule has 2 aliphatic rings. The monoisotopic (exact) mass is 1670 g/mol. The summed E-state index contributed by atoms with van der Waals surface area (Å²) in [5.41, 5.74) is 14.0. The minimum absolute atomic E-state index is 0.0259. The predicted octanol–water partition coefficient (Wildman–Crippen LogP) is -1.87. The molecule has 0 bridgehead atoms. The fourth-order valence-electron chi connectivity index (χ4n) is 13.2. The van der Waals surface area contributed by atoms with Gasteiger partial charge in [0.25, 0.3) is 0 Å². The van der Waals surface area contributed by atoms with Crippen molar-refractivity contribution in [1.82, 2.24) is 78.5 Å². The number of hydrogen-bond donors (Lipinski definition) is 16. The van der Waals surface area contributed by atoms with Gasteiger partial charge in [0.05, 0.1) is 30.9 Å². The number of likely N-dealkylation sites (N-methyl/N-ethyl adjacent to an activating group) is 2. The molecule has 4 aromatic rings. The molecule has 35 nitrogen and oxygen atoms in total. The Morgan fingerprint density at radius 1 is 0.496 bits per heavy atom. The van der Waals surface area contributed by atoms with Gasteiger partial charge in [0.2, 0.25) is 94.5 Å². The van der Waals surface area contributed by atoms with Crippen LogP contribution >= 0.6 is 11.8 Å². The summed E-state index contributed by atoms with van der Waals surface area (Å²) in [6.45, 7) is 15.2. The second-order valence-corrected chi connectivity index (χ2v) is 32.5. The number of amides is 16. The van der Waals surface area contributed by atoms with Crippen LogP contribution in [-0.2, 0) is 96.0 Å². The highest BCUT2D eigenvalue weighted by molar-refractivity contribution is 8.00. The number of aliphatic hydroxyl groups excluding tert-OH is 2. The number of benzene rings is 4. The second kappa shape index (κ2) is 46.1. The number of rotatable bonds is 20. The Labute approximate surface area is 697 Å². The molecule has 0 aromatic heterocycles. The van der Waals surface area contributed by atoms with Crippen LogP contribution in [0, 0.1) is 5.92 Å². The topological polar surface area (TPSA) is 520 Å². The number of aliphatic hydroxyl groups is 2. The van der Waals surface area contributed by atoms with Gasteiger partial charge >= 0.3 is 0 Å². The lowest BCUT2D eigenvalue weighted by molar-refractivity contribution is -0.145. The molecule has 18 N–H and O–H groups in total. The van der Waals surface area contributed by atoms with Crippen LogP contribution in [0.25, 0.3) is 11.1 Å². The van der Waals surface area contributed by atoms with Gasteiger partial charge in [-0.05, 0) is 128 Å². The van der Waals surface area contributed by atoms with Crippen LogP contribution in [-0.4, -0.2) is 261 Å². The Kier molecular flexibility index (Phi) is 37.4. The maximum absolute atomic E-state index is 15.2. The fraction of sp³-hybridized carbons (Fsp3) is 0.518. The summed E-state index contributed by atoms with van der Waals surface area (Å²) >= 11 is 0.821. The Bertz CT molecular complexity index is 4200. The minimum Gasteiger partial charge on any atom is -0.391 e. The third-order valence-corrected chi connectivity index (χ3v) is 21.4. The zero-order valence-electron chi connectivity index (χ0n) is 69.4. The molecule has 0 aliphatic carbocycles. The summed E-state index contributed by atoms with van der Waals surface area (Å²) < 4.78 is 0. The summed E-state index contributed by atoms with van der Waals surface area (Å²) in [7, 11) is 2.59. The van der Waals surface area contributed by atoms with Gasteiger partial charge in [0.15, 0.2) is 0 Å². The molecule has 16 amide bonds. The molecule has 6 rings (SSSR count). The average Bonchev–Trinajstić information content (AvgIpc) is 1.69. The van der Waals surface area contributed by atoms with E-state index in [4.69, 9.17) is 11.5 Å². The van der Waals surface area contributed by atoms with E-state index in [2.05, 4.69) is 63.8 Å². The molecule has 119 heavy (non-hydrogen) atoms. The molecule has 36 heteroatoms. The van der Waals surface area contributed by atoms with E-state index in [-0.39, 0.29) is 49.9 Å². The first-order chi connectivity index (χ1) is 56.1. The van der Waals surface area contributed by atoms with E-state index in [1.165, 1.54) is 53.6 Å². The summed E-state index contributed by atoms with van der Waals surface area (Å²) in [5, 5.41) is 53.8. The summed E-state index contributed by atoms with van der Waals surface area (Å²) in [5.74, 6) is -16.8. The minimum atomic E-state index is -2.02. The van der Waals surface area contributed by atoms with Gasteiger partial charge in [-0.25, -0.2) is 0 Å². The average molecular weight is 1670 g/mol. The molecule has 0 radical (unpaired) electrons. The number of thioether (sulfide) groups is 1. The van der Waals surface area contributed by atoms with Gasteiger partial charge in [-0.15, -0.1) is 11.8 Å². The lowest BCUT2D eigenvalue weighted by Crippen LogP contribution is -2.64. The van der Waals surface area contributed by atoms with Crippen LogP contribution in [0.15, 0.2) is 115 Å². The van der Waals surface area contributed by atoms with Gasteiger partial charge in [0, 0.05) is 51.2 Å². The van der Waals surface area contributed by atoms with Crippen LogP contribution < -0.4 is 75.3 Å². The van der Waals surface area contributed by atoms with E-state index in [1.807, 2.05) is 63.2 Å². The Morgan fingerprint density at radius 3 is 1.45 bits per heavy atom. The number of carbonyl (C=O) groups excluding carboxylic acids is 16. The fourth-order valence-corrected chi connectivity index (χ4v) is 14.1. The van der Waals surface area contributed by atoms with E-state index in [0.29, 0.717) is 42.5 Å². The van der Waals surface area contributed by atoms with Crippen molar-refractivity contribution >= 4 is 106 Å². The first-order valence-corrected chi connectivity index (χ1v) is 40.9. The van der Waals surface area contributed by atoms with Crippen molar-refractivity contribution in [2.45, 2.75) is 223 Å². The van der Waals surface area contributed by atoms with Crippen LogP contribution in [0.1, 0.15) is 124 Å². The molecule has 2 aliphatic heterocycles. The van der Waals surface area contributed by atoms with E-state index in [0.717, 1.165) is 46.5 Å². The number of fused-ring (bicyclic) bond motifs is 1. The van der Waals surface area contributed by atoms with Crippen molar-refractivity contribution in [1.29, 1.82) is 0 Å². The van der Waals surface area contributed by atoms with Crippen molar-refractivity contribution in [2.75, 3.05) is 45.2 Å². The summed E-state index contributed by atoms with van der Waals surface area (Å²) in [4.78, 5) is 231. The predicted molar refractivity (Wildman–Crippen MR) is 443 cm³/mol. The lowest BCUT2D eigenvalue weighted by atomic mass is 9.99. The first-order valence-electron chi connectivity index (χ1n) is 39.8. The molecule has 0 saturated carbocycles. The van der Waals surface area contributed by atoms with Crippen molar-refractivity contribution in [3.05, 3.63) is 132 Å². The largest absolute Gasteiger partial charge is 0.391 e. The third kappa shape index (κ3) is 30.2. The number of nitrogens with one attached hydrogen (secondary N) is 12. The summed E-state index contributed by atoms with van der Waals surface area (Å²) in [6.07, 6.45) is -3.79. The SMILES string of the molecule is CC(C)[C@@H]1NC(=O)[C@H](Cc2ccccc2)NC(=O)CSC[C@@H](C(=O)NCC(N)=O)NC(=O)[C@@H]2CCCN2C(=O)[C@H](C)NC(=O)[C@H](CCCCNC(C)(C)C)NC(=O)[C@H](C)N(C)C(=O)[C@H](Cc2ccc(-c3ccccc3)cc2)NC(=O)[C@H](C)N(C)C(=O)[C@H](Cc2ccccc2)NC(=O)[C@H]([C@@H](C)O)NC(=O)[C@H]([C@@H](C)O)NC(=O)[C@H](CC(N)=O)NC1=O. The number of carbonyl (C=O) groups is 16. The number of unbranched alkanes of at least 4 members (excludes halogenated alkanes) is 1.